The number of hydrogen-bond donors (Lipinski definition) is 2. The Labute approximate surface area is 133 Å². The number of amides is 3. The van der Waals surface area contributed by atoms with Gasteiger partial charge >= 0.3 is 6.03 Å². The van der Waals surface area contributed by atoms with Gasteiger partial charge in [-0.15, -0.1) is 16.8 Å². The number of rotatable bonds is 6. The van der Waals surface area contributed by atoms with Gasteiger partial charge in [0, 0.05) is 12.6 Å². The number of nitrogens with one attached hydrogen (secondary N) is 2. The Bertz CT molecular complexity index is 539. The molecule has 0 bridgehead atoms. The third kappa shape index (κ3) is 4.59. The molecule has 7 nitrogen and oxygen atoms in total. The summed E-state index contributed by atoms with van der Waals surface area (Å²) in [4.78, 5) is 23.8. The van der Waals surface area contributed by atoms with Crippen molar-refractivity contribution in [1.29, 1.82) is 0 Å². The first-order valence-corrected chi connectivity index (χ1v) is 8.25. The van der Waals surface area contributed by atoms with E-state index in [0.717, 1.165) is 25.7 Å². The van der Waals surface area contributed by atoms with E-state index in [1.54, 1.807) is 23.9 Å². The zero-order chi connectivity index (χ0) is 15.9. The Balaban J connectivity index is 1.82. The maximum atomic E-state index is 12.1. The van der Waals surface area contributed by atoms with Gasteiger partial charge in [-0.3, -0.25) is 10.1 Å². The zero-order valence-electron chi connectivity index (χ0n) is 12.6. The molecule has 0 spiro atoms. The summed E-state index contributed by atoms with van der Waals surface area (Å²) in [5.74, 6) is -0.339. The number of nitrogens with zero attached hydrogens (tertiary/aromatic N) is 3. The van der Waals surface area contributed by atoms with E-state index >= 15 is 0 Å². The highest BCUT2D eigenvalue weighted by molar-refractivity contribution is 8.00. The van der Waals surface area contributed by atoms with Gasteiger partial charge in [0.1, 0.15) is 6.33 Å². The molecule has 1 saturated carbocycles. The van der Waals surface area contributed by atoms with Crippen molar-refractivity contribution in [1.82, 2.24) is 25.4 Å². The van der Waals surface area contributed by atoms with Crippen LogP contribution in [-0.2, 0) is 11.3 Å². The van der Waals surface area contributed by atoms with Crippen LogP contribution in [0.25, 0.3) is 0 Å². The maximum Gasteiger partial charge on any atom is 0.321 e. The minimum Gasteiger partial charge on any atom is -0.335 e. The minimum absolute atomic E-state index is 0.187. The Hall–Kier alpha value is -1.83. The normalized spacial score (nSPS) is 16.2. The summed E-state index contributed by atoms with van der Waals surface area (Å²) in [6.07, 6.45) is 7.54. The monoisotopic (exact) mass is 323 g/mol. The van der Waals surface area contributed by atoms with Crippen LogP contribution in [0.2, 0.25) is 0 Å². The first-order chi connectivity index (χ1) is 10.6. The molecule has 120 valence electrons. The molecule has 2 rings (SSSR count). The molecule has 2 N–H and O–H groups in total. The van der Waals surface area contributed by atoms with Crippen LogP contribution in [0.1, 0.15) is 32.6 Å². The number of hydrogen-bond acceptors (Lipinski definition) is 5. The lowest BCUT2D eigenvalue weighted by Crippen LogP contribution is -2.45. The SMILES string of the molecule is C=CCn1cnnc1S[C@@H](C)C(=O)NC(=O)NC1CCCC1. The molecule has 8 heteroatoms. The second-order valence-electron chi connectivity index (χ2n) is 5.26. The molecule has 22 heavy (non-hydrogen) atoms. The van der Waals surface area contributed by atoms with Gasteiger partial charge in [0.2, 0.25) is 5.91 Å². The standard InChI is InChI=1S/C14H21N5O2S/c1-3-8-19-9-15-18-14(19)22-10(2)12(20)17-13(21)16-11-6-4-5-7-11/h3,9-11H,1,4-8H2,2H3,(H2,16,17,20,21)/t10-/m0/s1. The van der Waals surface area contributed by atoms with Gasteiger partial charge < -0.3 is 9.88 Å². The Morgan fingerprint density at radius 3 is 2.95 bits per heavy atom. The second-order valence-corrected chi connectivity index (χ2v) is 6.57. The third-order valence-electron chi connectivity index (χ3n) is 3.48. The highest BCUT2D eigenvalue weighted by atomic mass is 32.2. The number of allylic oxidation sites excluding steroid dienone is 1. The van der Waals surface area contributed by atoms with Crippen molar-refractivity contribution in [2.45, 2.75) is 55.6 Å². The predicted molar refractivity (Wildman–Crippen MR) is 84.5 cm³/mol. The van der Waals surface area contributed by atoms with Crippen molar-refractivity contribution in [3.05, 3.63) is 19.0 Å². The lowest BCUT2D eigenvalue weighted by molar-refractivity contribution is -0.119. The molecular formula is C14H21N5O2S. The zero-order valence-corrected chi connectivity index (χ0v) is 13.4. The van der Waals surface area contributed by atoms with Crippen LogP contribution in [0.15, 0.2) is 24.1 Å². The molecule has 1 aliphatic rings. The first kappa shape index (κ1) is 16.5. The topological polar surface area (TPSA) is 88.9 Å². The smallest absolute Gasteiger partial charge is 0.321 e. The fraction of sp³-hybridized carbons (Fsp3) is 0.571. The van der Waals surface area contributed by atoms with E-state index in [4.69, 9.17) is 0 Å². The van der Waals surface area contributed by atoms with Gasteiger partial charge in [0.15, 0.2) is 5.16 Å². The van der Waals surface area contributed by atoms with E-state index in [-0.39, 0.29) is 11.9 Å². The molecule has 0 aromatic carbocycles. The van der Waals surface area contributed by atoms with Crippen LogP contribution < -0.4 is 10.6 Å². The van der Waals surface area contributed by atoms with Gasteiger partial charge in [-0.25, -0.2) is 4.79 Å². The largest absolute Gasteiger partial charge is 0.335 e. The van der Waals surface area contributed by atoms with Gasteiger partial charge in [-0.05, 0) is 19.8 Å². The molecule has 0 aliphatic heterocycles. The molecule has 0 unspecified atom stereocenters. The van der Waals surface area contributed by atoms with Crippen LogP contribution in [0.4, 0.5) is 4.79 Å². The predicted octanol–water partition coefficient (Wildman–Crippen LogP) is 1.71. The van der Waals surface area contributed by atoms with Gasteiger partial charge in [0.25, 0.3) is 0 Å². The Kier molecular flexibility index (Phi) is 6.00. The summed E-state index contributed by atoms with van der Waals surface area (Å²) < 4.78 is 1.79. The average molecular weight is 323 g/mol. The Morgan fingerprint density at radius 1 is 1.55 bits per heavy atom. The average Bonchev–Trinajstić information content (AvgIpc) is 3.11. The first-order valence-electron chi connectivity index (χ1n) is 7.37. The molecule has 1 aromatic rings. The minimum atomic E-state index is -0.443. The molecule has 1 heterocycles. The summed E-state index contributed by atoms with van der Waals surface area (Å²) in [6, 6.07) is -0.233. The van der Waals surface area contributed by atoms with Crippen LogP contribution in [-0.4, -0.2) is 38.0 Å². The summed E-state index contributed by atoms with van der Waals surface area (Å²) in [6.45, 7) is 5.97. The van der Waals surface area contributed by atoms with E-state index in [9.17, 15) is 9.59 Å². The van der Waals surface area contributed by atoms with E-state index in [2.05, 4.69) is 27.4 Å². The number of carbonyl (C=O) groups is 2. The van der Waals surface area contributed by atoms with E-state index < -0.39 is 11.3 Å². The molecule has 1 aromatic heterocycles. The summed E-state index contributed by atoms with van der Waals surface area (Å²) >= 11 is 1.26. The number of imide groups is 1. The van der Waals surface area contributed by atoms with E-state index in [1.807, 2.05) is 0 Å². The summed E-state index contributed by atoms with van der Waals surface area (Å²) in [5, 5.41) is 13.2. The highest BCUT2D eigenvalue weighted by Gasteiger charge is 2.22. The third-order valence-corrected chi connectivity index (χ3v) is 4.58. The lowest BCUT2D eigenvalue weighted by atomic mass is 10.2. The number of thioether (sulfide) groups is 1. The molecule has 0 saturated heterocycles. The molecule has 1 atom stereocenters. The van der Waals surface area contributed by atoms with Gasteiger partial charge in [0.05, 0.1) is 5.25 Å². The summed E-state index contributed by atoms with van der Waals surface area (Å²) in [7, 11) is 0. The van der Waals surface area contributed by atoms with Crippen LogP contribution >= 0.6 is 11.8 Å². The number of urea groups is 1. The fourth-order valence-corrected chi connectivity index (χ4v) is 3.15. The van der Waals surface area contributed by atoms with Crippen molar-refractivity contribution >= 4 is 23.7 Å². The highest BCUT2D eigenvalue weighted by Crippen LogP contribution is 2.21. The van der Waals surface area contributed by atoms with Gasteiger partial charge in [-0.1, -0.05) is 30.7 Å². The molecule has 1 fully saturated rings. The second kappa shape index (κ2) is 7.98. The lowest BCUT2D eigenvalue weighted by Gasteiger charge is -2.14. The van der Waals surface area contributed by atoms with Crippen molar-refractivity contribution in [3.8, 4) is 0 Å². The number of aromatic nitrogens is 3. The molecule has 0 radical (unpaired) electrons. The number of carbonyl (C=O) groups excluding carboxylic acids is 2. The molecular weight excluding hydrogens is 302 g/mol. The van der Waals surface area contributed by atoms with E-state index in [0.29, 0.717) is 11.7 Å². The van der Waals surface area contributed by atoms with Crippen molar-refractivity contribution in [2.75, 3.05) is 0 Å². The molecule has 1 aliphatic carbocycles. The van der Waals surface area contributed by atoms with Crippen LogP contribution in [0, 0.1) is 0 Å². The molecule has 3 amide bonds. The summed E-state index contributed by atoms with van der Waals surface area (Å²) in [5.41, 5.74) is 0. The van der Waals surface area contributed by atoms with E-state index in [1.165, 1.54) is 11.8 Å². The van der Waals surface area contributed by atoms with Crippen LogP contribution in [0.5, 0.6) is 0 Å². The van der Waals surface area contributed by atoms with Crippen molar-refractivity contribution in [3.63, 3.8) is 0 Å². The maximum absolute atomic E-state index is 12.1. The van der Waals surface area contributed by atoms with Crippen molar-refractivity contribution < 1.29 is 9.59 Å². The van der Waals surface area contributed by atoms with Gasteiger partial charge in [-0.2, -0.15) is 0 Å². The quantitative estimate of drug-likeness (QED) is 0.614. The fourth-order valence-electron chi connectivity index (χ4n) is 2.32. The Morgan fingerprint density at radius 2 is 2.27 bits per heavy atom. The van der Waals surface area contributed by atoms with Crippen molar-refractivity contribution in [2.24, 2.45) is 0 Å². The van der Waals surface area contributed by atoms with Crippen LogP contribution in [0.3, 0.4) is 0 Å².